The molecule has 0 amide bonds. The molecule has 2 aliphatic rings. The summed E-state index contributed by atoms with van der Waals surface area (Å²) in [6, 6.07) is 15.5. The molecule has 0 heterocycles. The van der Waals surface area contributed by atoms with Crippen LogP contribution in [0.2, 0.25) is 0 Å². The zero-order valence-electron chi connectivity index (χ0n) is 21.8. The van der Waals surface area contributed by atoms with Crippen molar-refractivity contribution >= 4 is 0 Å². The molecule has 0 atom stereocenters. The van der Waals surface area contributed by atoms with Crippen molar-refractivity contribution in [3.05, 3.63) is 70.8 Å². The Hall–Kier alpha value is -1.74. The number of ether oxygens (including phenoxy) is 1. The smallest absolute Gasteiger partial charge is 0.316 e. The summed E-state index contributed by atoms with van der Waals surface area (Å²) >= 11 is 0. The van der Waals surface area contributed by atoms with Gasteiger partial charge in [0, 0.05) is 0 Å². The van der Waals surface area contributed by atoms with Crippen LogP contribution in [0.15, 0.2) is 48.5 Å². The molecule has 0 spiro atoms. The standard InChI is InChI=1S/C32H44F2O/c1-3-5-25-8-14-28(15-9-25)29-16-10-26(11-17-29)22-23-35-32(33,34)31-20-18-30(19-21-31)27-12-6-24(4-2)7-13-27/h10-11,16-21,24-25,27-28H,3-9,12-15,22-23H2,1-2H3. The predicted molar refractivity (Wildman–Crippen MR) is 141 cm³/mol. The summed E-state index contributed by atoms with van der Waals surface area (Å²) in [5, 5.41) is 0. The summed E-state index contributed by atoms with van der Waals surface area (Å²) in [6.07, 6.45) is 11.2. The fraction of sp³-hybridized carbons (Fsp3) is 0.625. The molecule has 2 fully saturated rings. The minimum atomic E-state index is -3.25. The summed E-state index contributed by atoms with van der Waals surface area (Å²) in [6.45, 7) is 4.55. The van der Waals surface area contributed by atoms with E-state index in [1.807, 2.05) is 12.1 Å². The first-order chi connectivity index (χ1) is 17.0. The Morgan fingerprint density at radius 2 is 1.23 bits per heavy atom. The Morgan fingerprint density at radius 3 is 1.74 bits per heavy atom. The van der Waals surface area contributed by atoms with Crippen LogP contribution in [0.1, 0.15) is 119 Å². The van der Waals surface area contributed by atoms with Crippen molar-refractivity contribution in [3.63, 3.8) is 0 Å². The molecule has 4 rings (SSSR count). The Bertz CT molecular complexity index is 873. The molecular weight excluding hydrogens is 438 g/mol. The van der Waals surface area contributed by atoms with Crippen LogP contribution in [0.5, 0.6) is 0 Å². The molecule has 1 nitrogen and oxygen atoms in total. The van der Waals surface area contributed by atoms with Crippen molar-refractivity contribution in [2.24, 2.45) is 11.8 Å². The molecule has 0 aromatic heterocycles. The maximum Gasteiger partial charge on any atom is 0.383 e. The molecule has 2 aromatic rings. The first-order valence-corrected chi connectivity index (χ1v) is 14.2. The molecule has 0 saturated heterocycles. The third kappa shape index (κ3) is 7.15. The van der Waals surface area contributed by atoms with Gasteiger partial charge in [-0.05, 0) is 98.1 Å². The van der Waals surface area contributed by atoms with Crippen LogP contribution < -0.4 is 0 Å². The van der Waals surface area contributed by atoms with Crippen LogP contribution in [0.4, 0.5) is 8.78 Å². The van der Waals surface area contributed by atoms with Gasteiger partial charge in [0.1, 0.15) is 0 Å². The monoisotopic (exact) mass is 482 g/mol. The van der Waals surface area contributed by atoms with E-state index < -0.39 is 6.11 Å². The lowest BCUT2D eigenvalue weighted by Gasteiger charge is -2.28. The summed E-state index contributed by atoms with van der Waals surface area (Å²) in [5.74, 6) is 2.91. The minimum absolute atomic E-state index is 0.0112. The number of benzene rings is 2. The minimum Gasteiger partial charge on any atom is -0.316 e. The molecule has 2 aromatic carbocycles. The van der Waals surface area contributed by atoms with Crippen LogP contribution in [0, 0.1) is 11.8 Å². The summed E-state index contributed by atoms with van der Waals surface area (Å²) in [5.41, 5.74) is 3.61. The van der Waals surface area contributed by atoms with Gasteiger partial charge in [0.15, 0.2) is 0 Å². The van der Waals surface area contributed by atoms with Gasteiger partial charge in [0.05, 0.1) is 12.2 Å². The van der Waals surface area contributed by atoms with Crippen molar-refractivity contribution in [2.45, 2.75) is 109 Å². The van der Waals surface area contributed by atoms with Gasteiger partial charge in [-0.3, -0.25) is 0 Å². The summed E-state index contributed by atoms with van der Waals surface area (Å²) < 4.78 is 34.5. The van der Waals surface area contributed by atoms with E-state index in [4.69, 9.17) is 4.74 Å². The molecule has 0 unspecified atom stereocenters. The van der Waals surface area contributed by atoms with Crippen molar-refractivity contribution in [2.75, 3.05) is 6.61 Å². The van der Waals surface area contributed by atoms with Gasteiger partial charge in [-0.25, -0.2) is 0 Å². The van der Waals surface area contributed by atoms with E-state index in [9.17, 15) is 8.78 Å². The highest BCUT2D eigenvalue weighted by molar-refractivity contribution is 5.28. The molecular formula is C32H44F2O. The SMILES string of the molecule is CCCC1CCC(c2ccc(CCOC(F)(F)c3ccc(C4CCC(CC)CC4)cc3)cc2)CC1. The summed E-state index contributed by atoms with van der Waals surface area (Å²) in [4.78, 5) is 0. The highest BCUT2D eigenvalue weighted by Crippen LogP contribution is 2.39. The summed E-state index contributed by atoms with van der Waals surface area (Å²) in [7, 11) is 0. The molecule has 0 radical (unpaired) electrons. The number of halogens is 2. The van der Waals surface area contributed by atoms with Crippen molar-refractivity contribution in [3.8, 4) is 0 Å². The van der Waals surface area contributed by atoms with Crippen molar-refractivity contribution in [1.29, 1.82) is 0 Å². The maximum absolute atomic E-state index is 14.7. The number of alkyl halides is 2. The van der Waals surface area contributed by atoms with Gasteiger partial charge in [-0.2, -0.15) is 8.78 Å². The lowest BCUT2D eigenvalue weighted by atomic mass is 9.77. The lowest BCUT2D eigenvalue weighted by molar-refractivity contribution is -0.248. The topological polar surface area (TPSA) is 9.23 Å². The number of hydrogen-bond acceptors (Lipinski definition) is 1. The molecule has 0 aliphatic heterocycles. The van der Waals surface area contributed by atoms with Crippen LogP contribution in [0.3, 0.4) is 0 Å². The van der Waals surface area contributed by atoms with Gasteiger partial charge in [0.2, 0.25) is 0 Å². The van der Waals surface area contributed by atoms with Crippen LogP contribution in [-0.4, -0.2) is 6.61 Å². The fourth-order valence-electron chi connectivity index (χ4n) is 6.38. The third-order valence-electron chi connectivity index (χ3n) is 8.81. The van der Waals surface area contributed by atoms with E-state index in [1.165, 1.54) is 81.8 Å². The molecule has 2 saturated carbocycles. The Morgan fingerprint density at radius 1 is 0.714 bits per heavy atom. The Labute approximate surface area is 211 Å². The molecule has 2 aliphatic carbocycles. The first-order valence-electron chi connectivity index (χ1n) is 14.2. The van der Waals surface area contributed by atoms with Gasteiger partial charge >= 0.3 is 6.11 Å². The maximum atomic E-state index is 14.7. The van der Waals surface area contributed by atoms with Gasteiger partial charge in [0.25, 0.3) is 0 Å². The third-order valence-corrected chi connectivity index (χ3v) is 8.81. The van der Waals surface area contributed by atoms with E-state index >= 15 is 0 Å². The van der Waals surface area contributed by atoms with Crippen molar-refractivity contribution < 1.29 is 13.5 Å². The highest BCUT2D eigenvalue weighted by atomic mass is 19.3. The van der Waals surface area contributed by atoms with E-state index in [2.05, 4.69) is 38.1 Å². The second-order valence-corrected chi connectivity index (χ2v) is 11.1. The lowest BCUT2D eigenvalue weighted by Crippen LogP contribution is -2.20. The van der Waals surface area contributed by atoms with Crippen molar-refractivity contribution in [1.82, 2.24) is 0 Å². The Balaban J connectivity index is 1.23. The first kappa shape index (κ1) is 26.3. The fourth-order valence-corrected chi connectivity index (χ4v) is 6.38. The molecule has 3 heteroatoms. The number of hydrogen-bond donors (Lipinski definition) is 0. The average Bonchev–Trinajstić information content (AvgIpc) is 2.90. The molecule has 0 bridgehead atoms. The Kier molecular flexibility index (Phi) is 9.39. The highest BCUT2D eigenvalue weighted by Gasteiger charge is 2.33. The van der Waals surface area contributed by atoms with Crippen LogP contribution in [0.25, 0.3) is 0 Å². The zero-order chi connectivity index (χ0) is 24.7. The molecule has 35 heavy (non-hydrogen) atoms. The predicted octanol–water partition coefficient (Wildman–Crippen LogP) is 9.75. The largest absolute Gasteiger partial charge is 0.383 e. The van der Waals surface area contributed by atoms with Gasteiger partial charge < -0.3 is 4.74 Å². The zero-order valence-corrected chi connectivity index (χ0v) is 21.8. The van der Waals surface area contributed by atoms with E-state index in [0.29, 0.717) is 18.3 Å². The normalized spacial score (nSPS) is 25.5. The molecule has 192 valence electrons. The quantitative estimate of drug-likeness (QED) is 0.327. The number of rotatable bonds is 10. The van der Waals surface area contributed by atoms with E-state index in [0.717, 1.165) is 17.4 Å². The average molecular weight is 483 g/mol. The van der Waals surface area contributed by atoms with Gasteiger partial charge in [-0.1, -0.05) is 81.6 Å². The molecule has 0 N–H and O–H groups in total. The second-order valence-electron chi connectivity index (χ2n) is 11.1. The van der Waals surface area contributed by atoms with Gasteiger partial charge in [-0.15, -0.1) is 0 Å². The van der Waals surface area contributed by atoms with Crippen LogP contribution in [-0.2, 0) is 17.3 Å². The van der Waals surface area contributed by atoms with E-state index in [-0.39, 0.29) is 12.2 Å². The second kappa shape index (κ2) is 12.5. The van der Waals surface area contributed by atoms with E-state index in [1.54, 1.807) is 12.1 Å². The van der Waals surface area contributed by atoms with Crippen LogP contribution >= 0.6 is 0 Å².